The van der Waals surface area contributed by atoms with Gasteiger partial charge in [0, 0.05) is 10.4 Å². The van der Waals surface area contributed by atoms with Crippen molar-refractivity contribution in [3.8, 4) is 11.4 Å². The number of aliphatic hydroxyl groups is 1. The number of aliphatic hydroxyl groups excluding tert-OH is 1. The highest BCUT2D eigenvalue weighted by atomic mass is 35.5. The minimum atomic E-state index is -0.930. The number of nitrogens with zero attached hydrogens (tertiary/aromatic N) is 2. The van der Waals surface area contributed by atoms with Crippen molar-refractivity contribution in [2.75, 3.05) is 6.61 Å². The minimum absolute atomic E-state index is 0.275. The van der Waals surface area contributed by atoms with Crippen LogP contribution < -0.4 is 10.1 Å². The van der Waals surface area contributed by atoms with Crippen LogP contribution in [0.4, 0.5) is 4.39 Å². The zero-order chi connectivity index (χ0) is 25.2. The molecule has 2 atom stereocenters. The second-order valence-electron chi connectivity index (χ2n) is 9.15. The molecule has 0 fully saturated rings. The summed E-state index contributed by atoms with van der Waals surface area (Å²) in [5.74, 6) is -0.000606. The van der Waals surface area contributed by atoms with Crippen LogP contribution in [-0.2, 0) is 4.79 Å². The summed E-state index contributed by atoms with van der Waals surface area (Å²) >= 11 is 6.24. The van der Waals surface area contributed by atoms with Crippen molar-refractivity contribution < 1.29 is 19.0 Å². The van der Waals surface area contributed by atoms with Crippen LogP contribution in [0.1, 0.15) is 32.4 Å². The summed E-state index contributed by atoms with van der Waals surface area (Å²) in [6, 6.07) is 18.6. The molecule has 35 heavy (non-hydrogen) atoms. The molecular formula is C27H27ClFN3O3. The predicted octanol–water partition coefficient (Wildman–Crippen LogP) is 5.46. The third-order valence-electron chi connectivity index (χ3n) is 5.87. The number of carbonyl (C=O) groups is 1. The van der Waals surface area contributed by atoms with Gasteiger partial charge in [-0.2, -0.15) is 5.10 Å². The van der Waals surface area contributed by atoms with Gasteiger partial charge in [0.2, 0.25) is 5.91 Å². The van der Waals surface area contributed by atoms with E-state index in [9.17, 15) is 14.3 Å². The second-order valence-corrected chi connectivity index (χ2v) is 9.59. The fourth-order valence-electron chi connectivity index (χ4n) is 3.71. The monoisotopic (exact) mass is 495 g/mol. The number of aromatic nitrogens is 2. The number of carbonyl (C=O) groups excluding carboxylic acids is 1. The summed E-state index contributed by atoms with van der Waals surface area (Å²) in [4.78, 5) is 12.7. The summed E-state index contributed by atoms with van der Waals surface area (Å²) in [5.41, 5.74) is 1.46. The molecule has 2 N–H and O–H groups in total. The Morgan fingerprint density at radius 2 is 1.91 bits per heavy atom. The van der Waals surface area contributed by atoms with E-state index in [1.54, 1.807) is 49.0 Å². The van der Waals surface area contributed by atoms with Crippen molar-refractivity contribution in [2.45, 2.75) is 32.9 Å². The van der Waals surface area contributed by atoms with Crippen molar-refractivity contribution in [1.82, 2.24) is 15.1 Å². The Labute approximate surface area is 208 Å². The smallest absolute Gasteiger partial charge is 0.228 e. The average Bonchev–Trinajstić information content (AvgIpc) is 3.26. The van der Waals surface area contributed by atoms with Crippen LogP contribution in [0.5, 0.6) is 5.75 Å². The molecule has 0 radical (unpaired) electrons. The molecule has 3 aromatic carbocycles. The zero-order valence-electron chi connectivity index (χ0n) is 19.7. The van der Waals surface area contributed by atoms with Crippen LogP contribution in [0.3, 0.4) is 0 Å². The highest BCUT2D eigenvalue weighted by molar-refractivity contribution is 6.30. The summed E-state index contributed by atoms with van der Waals surface area (Å²) in [7, 11) is 0. The first kappa shape index (κ1) is 24.7. The molecule has 0 saturated heterocycles. The normalized spacial score (nSPS) is 13.4. The average molecular weight is 496 g/mol. The number of amides is 1. The van der Waals surface area contributed by atoms with Gasteiger partial charge >= 0.3 is 0 Å². The topological polar surface area (TPSA) is 76.4 Å². The van der Waals surface area contributed by atoms with E-state index in [1.165, 1.54) is 12.1 Å². The van der Waals surface area contributed by atoms with E-state index in [1.807, 2.05) is 37.3 Å². The zero-order valence-corrected chi connectivity index (χ0v) is 20.5. The maximum atomic E-state index is 13.3. The van der Waals surface area contributed by atoms with Crippen LogP contribution in [0.15, 0.2) is 72.9 Å². The van der Waals surface area contributed by atoms with E-state index in [-0.39, 0.29) is 18.3 Å². The number of ether oxygens (including phenoxy) is 1. The molecule has 0 aliphatic rings. The predicted molar refractivity (Wildman–Crippen MR) is 134 cm³/mol. The van der Waals surface area contributed by atoms with Crippen molar-refractivity contribution >= 4 is 28.4 Å². The summed E-state index contributed by atoms with van der Waals surface area (Å²) in [5, 5.41) is 18.4. The third kappa shape index (κ3) is 5.47. The Morgan fingerprint density at radius 1 is 1.17 bits per heavy atom. The molecule has 0 saturated carbocycles. The first-order chi connectivity index (χ1) is 16.7. The maximum Gasteiger partial charge on any atom is 0.228 e. The van der Waals surface area contributed by atoms with Crippen LogP contribution in [0, 0.1) is 11.2 Å². The lowest BCUT2D eigenvalue weighted by molar-refractivity contribution is -0.132. The van der Waals surface area contributed by atoms with Crippen LogP contribution in [0.25, 0.3) is 16.6 Å². The molecule has 182 valence electrons. The van der Waals surface area contributed by atoms with Gasteiger partial charge in [-0.3, -0.25) is 4.79 Å². The Morgan fingerprint density at radius 3 is 2.60 bits per heavy atom. The summed E-state index contributed by atoms with van der Waals surface area (Å²) in [6.45, 7) is 4.93. The van der Waals surface area contributed by atoms with Crippen molar-refractivity contribution in [3.05, 3.63) is 89.3 Å². The van der Waals surface area contributed by atoms with Gasteiger partial charge in [0.15, 0.2) is 0 Å². The molecular weight excluding hydrogens is 469 g/mol. The van der Waals surface area contributed by atoms with Crippen LogP contribution >= 0.6 is 11.6 Å². The lowest BCUT2D eigenvalue weighted by atomic mass is 9.92. The quantitative estimate of drug-likeness (QED) is 0.340. The number of rotatable bonds is 8. The van der Waals surface area contributed by atoms with Crippen molar-refractivity contribution in [3.63, 3.8) is 0 Å². The van der Waals surface area contributed by atoms with Gasteiger partial charge in [-0.1, -0.05) is 23.7 Å². The number of hydrogen-bond donors (Lipinski definition) is 2. The van der Waals surface area contributed by atoms with E-state index < -0.39 is 17.6 Å². The number of halogens is 2. The van der Waals surface area contributed by atoms with E-state index >= 15 is 0 Å². The van der Waals surface area contributed by atoms with Gasteiger partial charge in [-0.25, -0.2) is 9.07 Å². The van der Waals surface area contributed by atoms with Gasteiger partial charge in [-0.15, -0.1) is 0 Å². The fraction of sp³-hybridized carbons (Fsp3) is 0.259. The number of nitrogens with one attached hydrogen (secondary N) is 1. The summed E-state index contributed by atoms with van der Waals surface area (Å²) < 4.78 is 21.4. The third-order valence-corrected chi connectivity index (χ3v) is 6.11. The standard InChI is InChI=1S/C27H27ClFN3O3/c1-17(31-26(34)27(2,3)16-33)25(18-5-4-6-20(28)13-18)35-23-11-12-24-19(14-23)15-30-32(24)22-9-7-21(29)8-10-22/h4-15,17,25,33H,16H2,1-3H3,(H,31,34)/t17-,25-/m0/s1. The highest BCUT2D eigenvalue weighted by Crippen LogP contribution is 2.30. The largest absolute Gasteiger partial charge is 0.484 e. The molecule has 4 rings (SSSR count). The van der Waals surface area contributed by atoms with Gasteiger partial charge in [0.1, 0.15) is 17.7 Å². The van der Waals surface area contributed by atoms with E-state index in [0.717, 1.165) is 22.2 Å². The minimum Gasteiger partial charge on any atom is -0.484 e. The lowest BCUT2D eigenvalue weighted by Crippen LogP contribution is -2.46. The molecule has 4 aromatic rings. The van der Waals surface area contributed by atoms with Crippen LogP contribution in [-0.4, -0.2) is 33.4 Å². The van der Waals surface area contributed by atoms with Gasteiger partial charge < -0.3 is 15.2 Å². The molecule has 8 heteroatoms. The lowest BCUT2D eigenvalue weighted by Gasteiger charge is -2.30. The Bertz CT molecular complexity index is 1340. The first-order valence-electron chi connectivity index (χ1n) is 11.3. The highest BCUT2D eigenvalue weighted by Gasteiger charge is 2.31. The fourth-order valence-corrected chi connectivity index (χ4v) is 3.91. The molecule has 0 spiro atoms. The van der Waals surface area contributed by atoms with Gasteiger partial charge in [-0.05, 0) is 80.9 Å². The van der Waals surface area contributed by atoms with Crippen molar-refractivity contribution in [1.29, 1.82) is 0 Å². The Hall–Kier alpha value is -3.42. The van der Waals surface area contributed by atoms with E-state index in [0.29, 0.717) is 10.8 Å². The van der Waals surface area contributed by atoms with Crippen molar-refractivity contribution in [2.24, 2.45) is 5.41 Å². The molecule has 0 aliphatic carbocycles. The second kappa shape index (κ2) is 10.1. The Balaban J connectivity index is 1.64. The summed E-state index contributed by atoms with van der Waals surface area (Å²) in [6.07, 6.45) is 1.17. The molecule has 1 amide bonds. The van der Waals surface area contributed by atoms with Gasteiger partial charge in [0.05, 0.1) is 35.5 Å². The number of fused-ring (bicyclic) bond motifs is 1. The molecule has 0 unspecified atom stereocenters. The molecule has 0 bridgehead atoms. The number of benzene rings is 3. The maximum absolute atomic E-state index is 13.3. The first-order valence-corrected chi connectivity index (χ1v) is 11.6. The molecule has 6 nitrogen and oxygen atoms in total. The van der Waals surface area contributed by atoms with Gasteiger partial charge in [0.25, 0.3) is 0 Å². The molecule has 0 aliphatic heterocycles. The van der Waals surface area contributed by atoms with Crippen LogP contribution in [0.2, 0.25) is 5.02 Å². The molecule has 1 heterocycles. The Kier molecular flexibility index (Phi) is 7.10. The van der Waals surface area contributed by atoms with E-state index in [2.05, 4.69) is 10.4 Å². The number of hydrogen-bond acceptors (Lipinski definition) is 4. The SMILES string of the molecule is C[C@H](NC(=O)C(C)(C)CO)[C@H](Oc1ccc2c(cnn2-c2ccc(F)cc2)c1)c1cccc(Cl)c1. The van der Waals surface area contributed by atoms with E-state index in [4.69, 9.17) is 16.3 Å². The molecule has 1 aromatic heterocycles.